The Balaban J connectivity index is 1.74. The minimum absolute atomic E-state index is 0.401. The molecule has 0 bridgehead atoms. The molecule has 2 atom stereocenters. The Labute approximate surface area is 151 Å². The van der Waals surface area contributed by atoms with Gasteiger partial charge >= 0.3 is 0 Å². The van der Waals surface area contributed by atoms with Gasteiger partial charge in [0.1, 0.15) is 0 Å². The Bertz CT molecular complexity index is 769. The highest BCUT2D eigenvalue weighted by molar-refractivity contribution is 5.33. The van der Waals surface area contributed by atoms with Crippen LogP contribution in [0.2, 0.25) is 0 Å². The van der Waals surface area contributed by atoms with Crippen LogP contribution in [0.4, 0.5) is 0 Å². The molecule has 1 saturated carbocycles. The molecule has 2 aliphatic rings. The Morgan fingerprint density at radius 1 is 1.16 bits per heavy atom. The van der Waals surface area contributed by atoms with Gasteiger partial charge in [0.15, 0.2) is 0 Å². The van der Waals surface area contributed by atoms with Crippen molar-refractivity contribution in [2.24, 2.45) is 0 Å². The summed E-state index contributed by atoms with van der Waals surface area (Å²) in [6, 6.07) is 11.8. The largest absolute Gasteiger partial charge is 0.377 e. The predicted molar refractivity (Wildman–Crippen MR) is 103 cm³/mol. The first-order valence-corrected chi connectivity index (χ1v) is 9.59. The molecule has 0 N–H and O–H groups in total. The number of benzene rings is 1. The SMILES string of the molecule is C=CN1CC(c2cccc(C)c2)C(c2cc(C3CC3)nn2C(C)C)C1. The third-order valence-corrected chi connectivity index (χ3v) is 5.72. The fraction of sp³-hybridized carbons (Fsp3) is 0.500. The number of rotatable bonds is 5. The maximum absolute atomic E-state index is 4.99. The van der Waals surface area contributed by atoms with Crippen LogP contribution in [0.25, 0.3) is 0 Å². The first-order chi connectivity index (χ1) is 12.1. The predicted octanol–water partition coefficient (Wildman–Crippen LogP) is 4.98. The highest BCUT2D eigenvalue weighted by Crippen LogP contribution is 2.44. The Morgan fingerprint density at radius 2 is 1.92 bits per heavy atom. The molecule has 1 aromatic carbocycles. The zero-order valence-electron chi connectivity index (χ0n) is 15.7. The summed E-state index contributed by atoms with van der Waals surface area (Å²) in [7, 11) is 0. The van der Waals surface area contributed by atoms with Gasteiger partial charge in [-0.25, -0.2) is 0 Å². The van der Waals surface area contributed by atoms with Gasteiger partial charge in [-0.2, -0.15) is 5.10 Å². The lowest BCUT2D eigenvalue weighted by Crippen LogP contribution is -2.17. The van der Waals surface area contributed by atoms with Crippen LogP contribution >= 0.6 is 0 Å². The average Bonchev–Trinajstić information content (AvgIpc) is 3.20. The molecule has 1 aliphatic heterocycles. The van der Waals surface area contributed by atoms with Gasteiger partial charge in [0.05, 0.1) is 5.69 Å². The molecule has 132 valence electrons. The van der Waals surface area contributed by atoms with Crippen molar-refractivity contribution >= 4 is 0 Å². The number of likely N-dealkylation sites (tertiary alicyclic amines) is 1. The van der Waals surface area contributed by atoms with E-state index in [1.54, 1.807) is 0 Å². The second-order valence-corrected chi connectivity index (χ2v) is 8.07. The number of aryl methyl sites for hydroxylation is 1. The summed E-state index contributed by atoms with van der Waals surface area (Å²) >= 11 is 0. The van der Waals surface area contributed by atoms with E-state index < -0.39 is 0 Å². The molecular formula is C22H29N3. The van der Waals surface area contributed by atoms with Gasteiger partial charge in [0, 0.05) is 42.6 Å². The molecule has 0 amide bonds. The van der Waals surface area contributed by atoms with E-state index in [2.05, 4.69) is 67.3 Å². The average molecular weight is 335 g/mol. The molecule has 3 heteroatoms. The van der Waals surface area contributed by atoms with Crippen molar-refractivity contribution in [2.45, 2.75) is 57.4 Å². The van der Waals surface area contributed by atoms with E-state index in [1.165, 1.54) is 35.4 Å². The summed E-state index contributed by atoms with van der Waals surface area (Å²) in [6.45, 7) is 12.8. The van der Waals surface area contributed by atoms with E-state index in [1.807, 2.05) is 6.20 Å². The number of hydrogen-bond acceptors (Lipinski definition) is 2. The van der Waals surface area contributed by atoms with E-state index in [9.17, 15) is 0 Å². The summed E-state index contributed by atoms with van der Waals surface area (Å²) < 4.78 is 2.29. The van der Waals surface area contributed by atoms with Gasteiger partial charge < -0.3 is 4.90 Å². The quantitative estimate of drug-likeness (QED) is 0.768. The van der Waals surface area contributed by atoms with Crippen LogP contribution in [0.5, 0.6) is 0 Å². The van der Waals surface area contributed by atoms with Crippen molar-refractivity contribution in [1.82, 2.24) is 14.7 Å². The highest BCUT2D eigenvalue weighted by atomic mass is 15.3. The van der Waals surface area contributed by atoms with Crippen LogP contribution < -0.4 is 0 Å². The number of aromatic nitrogens is 2. The summed E-state index contributed by atoms with van der Waals surface area (Å²) in [6.07, 6.45) is 4.61. The van der Waals surface area contributed by atoms with Crippen LogP contribution in [-0.4, -0.2) is 27.8 Å². The van der Waals surface area contributed by atoms with Gasteiger partial charge in [-0.1, -0.05) is 36.4 Å². The van der Waals surface area contributed by atoms with Gasteiger partial charge in [-0.15, -0.1) is 0 Å². The van der Waals surface area contributed by atoms with Crippen LogP contribution in [0, 0.1) is 6.92 Å². The molecule has 25 heavy (non-hydrogen) atoms. The fourth-order valence-corrected chi connectivity index (χ4v) is 4.22. The van der Waals surface area contributed by atoms with Crippen molar-refractivity contribution in [1.29, 1.82) is 0 Å². The van der Waals surface area contributed by atoms with Gasteiger partial charge in [-0.3, -0.25) is 4.68 Å². The molecule has 1 aromatic heterocycles. The first kappa shape index (κ1) is 16.4. The fourth-order valence-electron chi connectivity index (χ4n) is 4.22. The molecule has 1 saturated heterocycles. The smallest absolute Gasteiger partial charge is 0.0658 e. The second kappa shape index (κ2) is 6.36. The molecule has 2 fully saturated rings. The molecule has 0 radical (unpaired) electrons. The standard InChI is InChI=1S/C22H29N3/c1-5-24-13-19(18-8-6-7-16(4)11-18)20(14-24)22-12-21(17-9-10-17)23-25(22)15(2)3/h5-8,11-12,15,17,19-20H,1,9-10,13-14H2,2-4H3. The molecular weight excluding hydrogens is 306 g/mol. The summed E-state index contributed by atoms with van der Waals surface area (Å²) in [5, 5.41) is 4.99. The van der Waals surface area contributed by atoms with Crippen molar-refractivity contribution in [3.8, 4) is 0 Å². The van der Waals surface area contributed by atoms with Crippen molar-refractivity contribution in [3.05, 3.63) is 65.6 Å². The summed E-state index contributed by atoms with van der Waals surface area (Å²) in [5.41, 5.74) is 5.50. The van der Waals surface area contributed by atoms with E-state index in [0.29, 0.717) is 23.8 Å². The van der Waals surface area contributed by atoms with Crippen LogP contribution in [0.3, 0.4) is 0 Å². The molecule has 0 spiro atoms. The van der Waals surface area contributed by atoms with E-state index in [4.69, 9.17) is 5.10 Å². The third kappa shape index (κ3) is 3.12. The zero-order valence-corrected chi connectivity index (χ0v) is 15.7. The Hall–Kier alpha value is -2.03. The van der Waals surface area contributed by atoms with E-state index >= 15 is 0 Å². The molecule has 2 unspecified atom stereocenters. The monoisotopic (exact) mass is 335 g/mol. The van der Waals surface area contributed by atoms with Crippen molar-refractivity contribution in [2.75, 3.05) is 13.1 Å². The minimum atomic E-state index is 0.401. The lowest BCUT2D eigenvalue weighted by molar-refractivity contribution is 0.445. The molecule has 2 aromatic rings. The molecule has 1 aliphatic carbocycles. The normalized spacial score (nSPS) is 23.4. The van der Waals surface area contributed by atoms with Gasteiger partial charge in [-0.05, 0) is 51.4 Å². The third-order valence-electron chi connectivity index (χ3n) is 5.72. The van der Waals surface area contributed by atoms with Crippen molar-refractivity contribution < 1.29 is 0 Å². The van der Waals surface area contributed by atoms with Crippen LogP contribution in [-0.2, 0) is 0 Å². The second-order valence-electron chi connectivity index (χ2n) is 8.07. The first-order valence-electron chi connectivity index (χ1n) is 9.59. The zero-order chi connectivity index (χ0) is 17.6. The Kier molecular flexibility index (Phi) is 4.18. The maximum atomic E-state index is 4.99. The van der Waals surface area contributed by atoms with Crippen LogP contribution in [0.1, 0.15) is 73.0 Å². The lowest BCUT2D eigenvalue weighted by Gasteiger charge is -2.21. The number of hydrogen-bond donors (Lipinski definition) is 0. The van der Waals surface area contributed by atoms with E-state index in [-0.39, 0.29) is 0 Å². The molecule has 3 nitrogen and oxygen atoms in total. The minimum Gasteiger partial charge on any atom is -0.377 e. The molecule has 2 heterocycles. The van der Waals surface area contributed by atoms with E-state index in [0.717, 1.165) is 13.1 Å². The Morgan fingerprint density at radius 3 is 2.56 bits per heavy atom. The van der Waals surface area contributed by atoms with Gasteiger partial charge in [0.2, 0.25) is 0 Å². The lowest BCUT2D eigenvalue weighted by atomic mass is 9.86. The topological polar surface area (TPSA) is 21.1 Å². The van der Waals surface area contributed by atoms with Crippen molar-refractivity contribution in [3.63, 3.8) is 0 Å². The maximum Gasteiger partial charge on any atom is 0.0658 e. The molecule has 4 rings (SSSR count). The summed E-state index contributed by atoms with van der Waals surface area (Å²) in [5.74, 6) is 1.68. The highest BCUT2D eigenvalue weighted by Gasteiger charge is 2.37. The van der Waals surface area contributed by atoms with Crippen LogP contribution in [0.15, 0.2) is 43.1 Å². The van der Waals surface area contributed by atoms with Gasteiger partial charge in [0.25, 0.3) is 0 Å². The summed E-state index contributed by atoms with van der Waals surface area (Å²) in [4.78, 5) is 2.37. The number of nitrogens with zero attached hydrogens (tertiary/aromatic N) is 3.